The van der Waals surface area contributed by atoms with Crippen LogP contribution in [-0.2, 0) is 5.41 Å². The van der Waals surface area contributed by atoms with E-state index in [1.807, 2.05) is 0 Å². The summed E-state index contributed by atoms with van der Waals surface area (Å²) in [5.74, 6) is 0. The van der Waals surface area contributed by atoms with Crippen LogP contribution in [0.4, 0.5) is 0 Å². The molecule has 1 aliphatic rings. The van der Waals surface area contributed by atoms with Crippen molar-refractivity contribution < 1.29 is 0 Å². The Bertz CT molecular complexity index is 3400. The fraction of sp³-hybridized carbons (Fsp3) is 0.0492. The van der Waals surface area contributed by atoms with Crippen LogP contribution in [0.25, 0.3) is 110 Å². The molecule has 0 bridgehead atoms. The lowest BCUT2D eigenvalue weighted by molar-refractivity contribution is 0.661. The van der Waals surface area contributed by atoms with E-state index in [9.17, 15) is 0 Å². The lowest BCUT2D eigenvalue weighted by atomic mass is 9.80. The highest BCUT2D eigenvalue weighted by Crippen LogP contribution is 2.52. The molecule has 61 heavy (non-hydrogen) atoms. The van der Waals surface area contributed by atoms with Gasteiger partial charge >= 0.3 is 0 Å². The maximum atomic E-state index is 2.48. The Hall–Kier alpha value is -7.54. The standard InChI is InChI=1S/C61H42/c1-61(2)55-37-43(39-29-31-42(32-30-39)59-49-23-11-9-21-47(49)57(40-17-5-3-6-18-40)48-22-10-12-24-50(48)59)33-35-45(55)46-36-34-44(38-56(46)61)60-53-27-15-13-25-51(53)58(41-19-7-4-8-20-41)52-26-14-16-28-54(52)60/h3-38H,1-2H3. The molecular weight excluding hydrogens is 733 g/mol. The van der Waals surface area contributed by atoms with E-state index >= 15 is 0 Å². The van der Waals surface area contributed by atoms with E-state index < -0.39 is 0 Å². The summed E-state index contributed by atoms with van der Waals surface area (Å²) in [7, 11) is 0. The molecule has 0 unspecified atom stereocenters. The molecule has 1 aliphatic carbocycles. The van der Waals surface area contributed by atoms with Crippen molar-refractivity contribution >= 4 is 43.1 Å². The molecule has 0 N–H and O–H groups in total. The number of benzene rings is 11. The topological polar surface area (TPSA) is 0 Å². The molecule has 0 amide bonds. The summed E-state index contributed by atoms with van der Waals surface area (Å²) in [5, 5.41) is 10.2. The van der Waals surface area contributed by atoms with Crippen LogP contribution >= 0.6 is 0 Å². The van der Waals surface area contributed by atoms with E-state index in [1.165, 1.54) is 121 Å². The number of hydrogen-bond acceptors (Lipinski definition) is 0. The van der Waals surface area contributed by atoms with E-state index in [0.717, 1.165) is 0 Å². The largest absolute Gasteiger partial charge is 0.0622 e. The molecule has 11 aromatic carbocycles. The predicted molar refractivity (Wildman–Crippen MR) is 261 cm³/mol. The minimum absolute atomic E-state index is 0.176. The predicted octanol–water partition coefficient (Wildman–Crippen LogP) is 16.9. The monoisotopic (exact) mass is 774 g/mol. The van der Waals surface area contributed by atoms with Gasteiger partial charge in [0.25, 0.3) is 0 Å². The van der Waals surface area contributed by atoms with Crippen molar-refractivity contribution in [3.63, 3.8) is 0 Å². The van der Waals surface area contributed by atoms with Crippen molar-refractivity contribution in [1.82, 2.24) is 0 Å². The lowest BCUT2D eigenvalue weighted by Gasteiger charge is -2.23. The van der Waals surface area contributed by atoms with Gasteiger partial charge < -0.3 is 0 Å². The normalized spacial score (nSPS) is 12.9. The van der Waals surface area contributed by atoms with Crippen molar-refractivity contribution in [2.24, 2.45) is 0 Å². The van der Waals surface area contributed by atoms with Crippen molar-refractivity contribution in [1.29, 1.82) is 0 Å². The molecule has 0 heteroatoms. The van der Waals surface area contributed by atoms with Gasteiger partial charge in [0.1, 0.15) is 0 Å². The van der Waals surface area contributed by atoms with Gasteiger partial charge in [0.15, 0.2) is 0 Å². The Morgan fingerprint density at radius 1 is 0.230 bits per heavy atom. The quantitative estimate of drug-likeness (QED) is 0.153. The zero-order valence-corrected chi connectivity index (χ0v) is 34.3. The molecular formula is C61H42. The molecule has 0 spiro atoms. The lowest BCUT2D eigenvalue weighted by Crippen LogP contribution is -2.15. The molecule has 0 atom stereocenters. The minimum Gasteiger partial charge on any atom is -0.0622 e. The second kappa shape index (κ2) is 13.8. The summed E-state index contributed by atoms with van der Waals surface area (Å²) < 4.78 is 0. The van der Waals surface area contributed by atoms with Gasteiger partial charge in [-0.05, 0) is 133 Å². The second-order valence-electron chi connectivity index (χ2n) is 17.1. The van der Waals surface area contributed by atoms with E-state index in [0.29, 0.717) is 0 Å². The molecule has 0 saturated carbocycles. The molecule has 286 valence electrons. The van der Waals surface area contributed by atoms with Gasteiger partial charge in [0.05, 0.1) is 0 Å². The van der Waals surface area contributed by atoms with Crippen LogP contribution in [0.5, 0.6) is 0 Å². The zero-order chi connectivity index (χ0) is 40.7. The van der Waals surface area contributed by atoms with E-state index in [-0.39, 0.29) is 5.41 Å². The van der Waals surface area contributed by atoms with Crippen LogP contribution in [0.1, 0.15) is 25.0 Å². The van der Waals surface area contributed by atoms with Crippen LogP contribution in [0.2, 0.25) is 0 Å². The fourth-order valence-electron chi connectivity index (χ4n) is 10.6. The molecule has 0 aromatic heterocycles. The van der Waals surface area contributed by atoms with Crippen LogP contribution in [-0.4, -0.2) is 0 Å². The average molecular weight is 775 g/mol. The van der Waals surface area contributed by atoms with Gasteiger partial charge in [0, 0.05) is 5.41 Å². The molecule has 0 nitrogen and oxygen atoms in total. The summed E-state index contributed by atoms with van der Waals surface area (Å²) in [5.41, 5.74) is 17.9. The van der Waals surface area contributed by atoms with Gasteiger partial charge in [-0.15, -0.1) is 0 Å². The zero-order valence-electron chi connectivity index (χ0n) is 34.3. The minimum atomic E-state index is -0.176. The maximum Gasteiger partial charge on any atom is 0.0159 e. The Balaban J connectivity index is 0.944. The first-order valence-corrected chi connectivity index (χ1v) is 21.4. The van der Waals surface area contributed by atoms with Gasteiger partial charge in [-0.25, -0.2) is 0 Å². The number of rotatable bonds is 5. The first-order valence-electron chi connectivity index (χ1n) is 21.4. The molecule has 12 rings (SSSR count). The Labute approximate surface area is 357 Å². The molecule has 0 fully saturated rings. The molecule has 11 aromatic rings. The van der Waals surface area contributed by atoms with E-state index in [1.54, 1.807) is 0 Å². The Morgan fingerprint density at radius 2 is 0.492 bits per heavy atom. The van der Waals surface area contributed by atoms with Crippen molar-refractivity contribution in [3.8, 4) is 66.8 Å². The smallest absolute Gasteiger partial charge is 0.0159 e. The third-order valence-corrected chi connectivity index (χ3v) is 13.5. The Kier molecular flexibility index (Phi) is 7.99. The summed E-state index contributed by atoms with van der Waals surface area (Å²) in [6.45, 7) is 4.80. The fourth-order valence-corrected chi connectivity index (χ4v) is 10.6. The SMILES string of the molecule is CC1(C)c2cc(-c3ccc(-c4c5ccccc5c(-c5ccccc5)c5ccccc45)cc3)ccc2-c2ccc(-c3c4ccccc4c(-c4ccccc4)c4ccccc34)cc21. The molecule has 0 aliphatic heterocycles. The van der Waals surface area contributed by atoms with Crippen LogP contribution < -0.4 is 0 Å². The highest BCUT2D eigenvalue weighted by molar-refractivity contribution is 6.22. The average Bonchev–Trinajstić information content (AvgIpc) is 3.54. The van der Waals surface area contributed by atoms with Crippen LogP contribution in [0, 0.1) is 0 Å². The summed E-state index contributed by atoms with van der Waals surface area (Å²) in [6.07, 6.45) is 0. The van der Waals surface area contributed by atoms with Crippen LogP contribution in [0.3, 0.4) is 0 Å². The van der Waals surface area contributed by atoms with Crippen molar-refractivity contribution in [3.05, 3.63) is 230 Å². The maximum absolute atomic E-state index is 2.48. The second-order valence-corrected chi connectivity index (χ2v) is 17.1. The number of fused-ring (bicyclic) bond motifs is 7. The van der Waals surface area contributed by atoms with Gasteiger partial charge in [-0.1, -0.05) is 220 Å². The first kappa shape index (κ1) is 35.4. The summed E-state index contributed by atoms with van der Waals surface area (Å²) >= 11 is 0. The Morgan fingerprint density at radius 3 is 0.869 bits per heavy atom. The third-order valence-electron chi connectivity index (χ3n) is 13.5. The molecule has 0 heterocycles. The third kappa shape index (κ3) is 5.46. The summed E-state index contributed by atoms with van der Waals surface area (Å²) in [6, 6.07) is 81.0. The highest BCUT2D eigenvalue weighted by atomic mass is 14.4. The summed E-state index contributed by atoms with van der Waals surface area (Å²) in [4.78, 5) is 0. The highest BCUT2D eigenvalue weighted by Gasteiger charge is 2.36. The van der Waals surface area contributed by atoms with Gasteiger partial charge in [0.2, 0.25) is 0 Å². The number of hydrogen-bond donors (Lipinski definition) is 0. The van der Waals surface area contributed by atoms with Gasteiger partial charge in [-0.3, -0.25) is 0 Å². The molecule has 0 saturated heterocycles. The van der Waals surface area contributed by atoms with E-state index in [4.69, 9.17) is 0 Å². The molecule has 0 radical (unpaired) electrons. The van der Waals surface area contributed by atoms with Crippen molar-refractivity contribution in [2.75, 3.05) is 0 Å². The van der Waals surface area contributed by atoms with E-state index in [2.05, 4.69) is 232 Å². The van der Waals surface area contributed by atoms with Gasteiger partial charge in [-0.2, -0.15) is 0 Å². The first-order chi connectivity index (χ1) is 30.0. The van der Waals surface area contributed by atoms with Crippen LogP contribution in [0.15, 0.2) is 218 Å². The van der Waals surface area contributed by atoms with Crippen molar-refractivity contribution in [2.45, 2.75) is 19.3 Å².